The maximum Gasteiger partial charge on any atom is 0.162 e. The van der Waals surface area contributed by atoms with E-state index in [1.165, 1.54) is 0 Å². The molecule has 94 valence electrons. The Bertz CT molecular complexity index is 353. The Hall–Kier alpha value is -0.550. The lowest BCUT2D eigenvalue weighted by Crippen LogP contribution is -2.28. The number of rotatable bonds is 2. The number of aliphatic hydroxyl groups is 1. The average Bonchev–Trinajstić information content (AvgIpc) is 2.44. The minimum Gasteiger partial charge on any atom is -0.389 e. The molecule has 3 nitrogen and oxygen atoms in total. The van der Waals surface area contributed by atoms with Crippen molar-refractivity contribution in [3.63, 3.8) is 0 Å². The van der Waals surface area contributed by atoms with Crippen molar-refractivity contribution in [1.82, 2.24) is 0 Å². The third kappa shape index (κ3) is 3.71. The third-order valence-electron chi connectivity index (χ3n) is 2.66. The maximum atomic E-state index is 10.0. The van der Waals surface area contributed by atoms with E-state index in [9.17, 15) is 5.11 Å². The van der Waals surface area contributed by atoms with Crippen LogP contribution in [0.1, 0.15) is 13.8 Å². The van der Waals surface area contributed by atoms with Crippen LogP contribution in [0.3, 0.4) is 0 Å². The predicted molar refractivity (Wildman–Crippen MR) is 68.1 cm³/mol. The van der Waals surface area contributed by atoms with Crippen molar-refractivity contribution >= 4 is 11.8 Å². The fraction of sp³-hybridized carbons (Fsp3) is 0.538. The van der Waals surface area contributed by atoms with Gasteiger partial charge in [0.25, 0.3) is 0 Å². The van der Waals surface area contributed by atoms with E-state index in [4.69, 9.17) is 9.47 Å². The highest BCUT2D eigenvalue weighted by atomic mass is 32.2. The van der Waals surface area contributed by atoms with Crippen LogP contribution in [0.4, 0.5) is 0 Å². The lowest BCUT2D eigenvalue weighted by molar-refractivity contribution is -0.203. The van der Waals surface area contributed by atoms with E-state index in [0.29, 0.717) is 13.2 Å². The molecule has 1 heterocycles. The molecule has 0 amide bonds. The first-order chi connectivity index (χ1) is 8.07. The van der Waals surface area contributed by atoms with Crippen LogP contribution in [0.2, 0.25) is 0 Å². The minimum absolute atomic E-state index is 0.0131. The molecule has 17 heavy (non-hydrogen) atoms. The third-order valence-corrected chi connectivity index (χ3v) is 3.95. The van der Waals surface area contributed by atoms with Crippen LogP contribution in [-0.2, 0) is 9.47 Å². The quantitative estimate of drug-likeness (QED) is 0.879. The smallest absolute Gasteiger partial charge is 0.162 e. The monoisotopic (exact) mass is 254 g/mol. The molecular weight excluding hydrogens is 236 g/mol. The van der Waals surface area contributed by atoms with Gasteiger partial charge in [0.1, 0.15) is 0 Å². The molecule has 0 aromatic heterocycles. The Kier molecular flexibility index (Phi) is 4.09. The molecule has 1 aromatic carbocycles. The van der Waals surface area contributed by atoms with Crippen LogP contribution in [-0.4, -0.2) is 35.5 Å². The van der Waals surface area contributed by atoms with Crippen LogP contribution >= 0.6 is 11.8 Å². The lowest BCUT2D eigenvalue weighted by atomic mass is 10.3. The molecule has 1 aliphatic heterocycles. The van der Waals surface area contributed by atoms with Gasteiger partial charge >= 0.3 is 0 Å². The highest BCUT2D eigenvalue weighted by molar-refractivity contribution is 8.00. The average molecular weight is 254 g/mol. The topological polar surface area (TPSA) is 38.7 Å². The Labute approximate surface area is 106 Å². The highest BCUT2D eigenvalue weighted by Gasteiger charge is 2.31. The second-order valence-corrected chi connectivity index (χ2v) is 5.87. The minimum atomic E-state index is -0.604. The first kappa shape index (κ1) is 12.9. The SMILES string of the molecule is CC1(C)OCC(O)C(Sc2ccccc2)CO1. The summed E-state index contributed by atoms with van der Waals surface area (Å²) in [6.07, 6.45) is -0.498. The van der Waals surface area contributed by atoms with Gasteiger partial charge in [0.05, 0.1) is 24.6 Å². The molecule has 0 spiro atoms. The van der Waals surface area contributed by atoms with Crippen LogP contribution in [0.15, 0.2) is 35.2 Å². The van der Waals surface area contributed by atoms with Gasteiger partial charge < -0.3 is 14.6 Å². The summed E-state index contributed by atoms with van der Waals surface area (Å²) in [4.78, 5) is 1.14. The normalized spacial score (nSPS) is 28.6. The van der Waals surface area contributed by atoms with Crippen molar-refractivity contribution in [3.05, 3.63) is 30.3 Å². The zero-order valence-corrected chi connectivity index (χ0v) is 10.9. The van der Waals surface area contributed by atoms with Crippen molar-refractivity contribution in [1.29, 1.82) is 0 Å². The summed E-state index contributed by atoms with van der Waals surface area (Å²) >= 11 is 1.63. The maximum absolute atomic E-state index is 10.0. The fourth-order valence-corrected chi connectivity index (χ4v) is 2.65. The Morgan fingerprint density at radius 3 is 2.53 bits per heavy atom. The summed E-state index contributed by atoms with van der Waals surface area (Å²) in [6.45, 7) is 4.55. The van der Waals surface area contributed by atoms with Gasteiger partial charge in [-0.1, -0.05) is 18.2 Å². The molecule has 2 atom stereocenters. The van der Waals surface area contributed by atoms with Crippen molar-refractivity contribution < 1.29 is 14.6 Å². The van der Waals surface area contributed by atoms with Crippen LogP contribution in [0, 0.1) is 0 Å². The van der Waals surface area contributed by atoms with E-state index < -0.39 is 11.9 Å². The molecule has 0 bridgehead atoms. The zero-order chi connectivity index (χ0) is 12.3. The molecule has 0 radical (unpaired) electrons. The molecule has 1 saturated heterocycles. The van der Waals surface area contributed by atoms with Crippen molar-refractivity contribution in [2.24, 2.45) is 0 Å². The second-order valence-electron chi connectivity index (χ2n) is 4.56. The summed E-state index contributed by atoms with van der Waals surface area (Å²) in [7, 11) is 0. The van der Waals surface area contributed by atoms with Crippen molar-refractivity contribution in [2.45, 2.75) is 35.9 Å². The van der Waals surface area contributed by atoms with Crippen LogP contribution in [0.5, 0.6) is 0 Å². The molecule has 1 fully saturated rings. The summed E-state index contributed by atoms with van der Waals surface area (Å²) < 4.78 is 11.1. The number of aliphatic hydroxyl groups excluding tert-OH is 1. The van der Waals surface area contributed by atoms with E-state index in [1.54, 1.807) is 11.8 Å². The first-order valence-corrected chi connectivity index (χ1v) is 6.62. The fourth-order valence-electron chi connectivity index (χ4n) is 1.62. The predicted octanol–water partition coefficient (Wildman–Crippen LogP) is 2.29. The Morgan fingerprint density at radius 2 is 1.82 bits per heavy atom. The zero-order valence-electron chi connectivity index (χ0n) is 10.1. The largest absolute Gasteiger partial charge is 0.389 e. The molecule has 1 aromatic rings. The van der Waals surface area contributed by atoms with Gasteiger partial charge in [-0.25, -0.2) is 0 Å². The van der Waals surface area contributed by atoms with Crippen molar-refractivity contribution in [3.8, 4) is 0 Å². The molecule has 2 unspecified atom stereocenters. The van der Waals surface area contributed by atoms with E-state index in [1.807, 2.05) is 44.2 Å². The Morgan fingerprint density at radius 1 is 1.18 bits per heavy atom. The van der Waals surface area contributed by atoms with Gasteiger partial charge in [-0.3, -0.25) is 0 Å². The van der Waals surface area contributed by atoms with Gasteiger partial charge in [-0.15, -0.1) is 11.8 Å². The number of benzene rings is 1. The molecular formula is C13H18O3S. The van der Waals surface area contributed by atoms with Gasteiger partial charge in [-0.05, 0) is 26.0 Å². The second kappa shape index (κ2) is 5.40. The van der Waals surface area contributed by atoms with Crippen molar-refractivity contribution in [2.75, 3.05) is 13.2 Å². The summed E-state index contributed by atoms with van der Waals surface area (Å²) in [5.41, 5.74) is 0. The summed E-state index contributed by atoms with van der Waals surface area (Å²) in [5, 5.41) is 10.0. The molecule has 0 aliphatic carbocycles. The molecule has 1 aliphatic rings. The molecule has 0 saturated carbocycles. The van der Waals surface area contributed by atoms with Gasteiger partial charge in [0.2, 0.25) is 0 Å². The summed E-state index contributed by atoms with van der Waals surface area (Å²) in [6, 6.07) is 10.0. The van der Waals surface area contributed by atoms with Gasteiger partial charge in [0.15, 0.2) is 5.79 Å². The number of thioether (sulfide) groups is 1. The molecule has 2 rings (SSSR count). The highest BCUT2D eigenvalue weighted by Crippen LogP contribution is 2.29. The summed E-state index contributed by atoms with van der Waals surface area (Å²) in [5.74, 6) is -0.604. The van der Waals surface area contributed by atoms with E-state index in [0.717, 1.165) is 4.90 Å². The van der Waals surface area contributed by atoms with Crippen LogP contribution < -0.4 is 0 Å². The van der Waals surface area contributed by atoms with E-state index in [-0.39, 0.29) is 5.25 Å². The number of hydrogen-bond donors (Lipinski definition) is 1. The van der Waals surface area contributed by atoms with Gasteiger partial charge in [-0.2, -0.15) is 0 Å². The van der Waals surface area contributed by atoms with Gasteiger partial charge in [0, 0.05) is 4.90 Å². The first-order valence-electron chi connectivity index (χ1n) is 5.74. The number of hydrogen-bond acceptors (Lipinski definition) is 4. The van der Waals surface area contributed by atoms with E-state index in [2.05, 4.69) is 0 Å². The molecule has 1 N–H and O–H groups in total. The van der Waals surface area contributed by atoms with Crippen LogP contribution in [0.25, 0.3) is 0 Å². The lowest BCUT2D eigenvalue weighted by Gasteiger charge is -2.22. The number of ether oxygens (including phenoxy) is 2. The molecule has 4 heteroatoms. The van der Waals surface area contributed by atoms with E-state index >= 15 is 0 Å². The Balaban J connectivity index is 2.01. The standard InChI is InChI=1S/C13H18O3S/c1-13(2)15-8-11(14)12(9-16-13)17-10-6-4-3-5-7-10/h3-7,11-12,14H,8-9H2,1-2H3.